The van der Waals surface area contributed by atoms with E-state index in [1.165, 1.54) is 0 Å². The molecule has 0 fully saturated rings. The van der Waals surface area contributed by atoms with Crippen molar-refractivity contribution in [1.29, 1.82) is 0 Å². The van der Waals surface area contributed by atoms with Crippen LogP contribution in [0.2, 0.25) is 5.02 Å². The maximum Gasteiger partial charge on any atom is 0.194 e. The Morgan fingerprint density at radius 3 is 3.00 bits per heavy atom. The fourth-order valence-corrected chi connectivity index (χ4v) is 2.02. The number of hydrogen-bond acceptors (Lipinski definition) is 3. The van der Waals surface area contributed by atoms with E-state index in [9.17, 15) is 0 Å². The van der Waals surface area contributed by atoms with Crippen molar-refractivity contribution in [2.75, 3.05) is 13.6 Å². The summed E-state index contributed by atoms with van der Waals surface area (Å²) < 4.78 is 5.75. The van der Waals surface area contributed by atoms with Crippen molar-refractivity contribution < 1.29 is 4.42 Å². The topological polar surface area (TPSA) is 38.1 Å². The molecule has 0 aliphatic heterocycles. The fourth-order valence-electron chi connectivity index (χ4n) is 1.84. The summed E-state index contributed by atoms with van der Waals surface area (Å²) in [6.07, 6.45) is 3.64. The molecular weight excluding hydrogens is 248 g/mol. The lowest BCUT2D eigenvalue weighted by molar-refractivity contribution is 0.495. The standard InChI is InChI=1S/C14H17ClN2O/c1-10-11(5-3-6-12(10)15)13-9-17-14(18-13)7-4-8-16-2/h3,5-6,9,16H,4,7-8H2,1-2H3. The van der Waals surface area contributed by atoms with Crippen molar-refractivity contribution in [2.24, 2.45) is 0 Å². The van der Waals surface area contributed by atoms with E-state index >= 15 is 0 Å². The first kappa shape index (κ1) is 13.1. The van der Waals surface area contributed by atoms with Gasteiger partial charge in [0.15, 0.2) is 11.7 Å². The zero-order chi connectivity index (χ0) is 13.0. The van der Waals surface area contributed by atoms with Crippen molar-refractivity contribution >= 4 is 11.6 Å². The molecule has 2 rings (SSSR count). The van der Waals surface area contributed by atoms with E-state index in [-0.39, 0.29) is 0 Å². The predicted octanol–water partition coefficient (Wildman–Crippen LogP) is 3.46. The van der Waals surface area contributed by atoms with Crippen LogP contribution in [-0.2, 0) is 6.42 Å². The highest BCUT2D eigenvalue weighted by molar-refractivity contribution is 6.31. The molecule has 3 nitrogen and oxygen atoms in total. The number of aromatic nitrogens is 1. The second-order valence-corrected chi connectivity index (χ2v) is 4.64. The minimum Gasteiger partial charge on any atom is -0.441 e. The molecule has 1 N–H and O–H groups in total. The molecule has 0 spiro atoms. The second kappa shape index (κ2) is 6.03. The van der Waals surface area contributed by atoms with Crippen molar-refractivity contribution in [3.63, 3.8) is 0 Å². The maximum atomic E-state index is 6.10. The molecule has 0 bridgehead atoms. The summed E-state index contributed by atoms with van der Waals surface area (Å²) in [7, 11) is 1.94. The highest BCUT2D eigenvalue weighted by Gasteiger charge is 2.10. The molecule has 96 valence electrons. The number of halogens is 1. The molecule has 0 amide bonds. The SMILES string of the molecule is CNCCCc1ncc(-c2cccc(Cl)c2C)o1. The van der Waals surface area contributed by atoms with Crippen LogP contribution >= 0.6 is 11.6 Å². The van der Waals surface area contributed by atoms with Gasteiger partial charge in [0.05, 0.1) is 6.20 Å². The minimum absolute atomic E-state index is 0.751. The zero-order valence-electron chi connectivity index (χ0n) is 10.7. The van der Waals surface area contributed by atoms with E-state index in [2.05, 4.69) is 10.3 Å². The monoisotopic (exact) mass is 264 g/mol. The average Bonchev–Trinajstić information content (AvgIpc) is 2.82. The van der Waals surface area contributed by atoms with E-state index in [1.807, 2.05) is 32.2 Å². The van der Waals surface area contributed by atoms with Gasteiger partial charge < -0.3 is 9.73 Å². The Balaban J connectivity index is 2.16. The number of nitrogens with zero attached hydrogens (tertiary/aromatic N) is 1. The van der Waals surface area contributed by atoms with E-state index in [0.717, 1.165) is 47.2 Å². The van der Waals surface area contributed by atoms with Crippen molar-refractivity contribution in [2.45, 2.75) is 19.8 Å². The van der Waals surface area contributed by atoms with Crippen molar-refractivity contribution in [3.05, 3.63) is 40.9 Å². The summed E-state index contributed by atoms with van der Waals surface area (Å²) in [5.41, 5.74) is 2.03. The van der Waals surface area contributed by atoms with Gasteiger partial charge in [0.25, 0.3) is 0 Å². The summed E-state index contributed by atoms with van der Waals surface area (Å²) in [6, 6.07) is 5.80. The fraction of sp³-hybridized carbons (Fsp3) is 0.357. The Hall–Kier alpha value is -1.32. The number of aryl methyl sites for hydroxylation is 1. The van der Waals surface area contributed by atoms with E-state index in [1.54, 1.807) is 6.20 Å². The van der Waals surface area contributed by atoms with Gasteiger partial charge in [-0.2, -0.15) is 0 Å². The Bertz CT molecular complexity index is 522. The van der Waals surface area contributed by atoms with E-state index in [4.69, 9.17) is 16.0 Å². The van der Waals surface area contributed by atoms with Crippen LogP contribution in [0.4, 0.5) is 0 Å². The summed E-state index contributed by atoms with van der Waals surface area (Å²) in [4.78, 5) is 4.30. The highest BCUT2D eigenvalue weighted by atomic mass is 35.5. The van der Waals surface area contributed by atoms with Gasteiger partial charge in [-0.1, -0.05) is 23.7 Å². The molecular formula is C14H17ClN2O. The Morgan fingerprint density at radius 1 is 1.39 bits per heavy atom. The number of hydrogen-bond donors (Lipinski definition) is 1. The van der Waals surface area contributed by atoms with Crippen LogP contribution in [0.15, 0.2) is 28.8 Å². The third-order valence-corrected chi connectivity index (χ3v) is 3.31. The maximum absolute atomic E-state index is 6.10. The molecule has 0 saturated carbocycles. The molecule has 18 heavy (non-hydrogen) atoms. The van der Waals surface area contributed by atoms with Gasteiger partial charge in [0.2, 0.25) is 0 Å². The van der Waals surface area contributed by atoms with Crippen LogP contribution in [-0.4, -0.2) is 18.6 Å². The molecule has 0 aliphatic carbocycles. The largest absolute Gasteiger partial charge is 0.441 e. The molecule has 0 saturated heterocycles. The third-order valence-electron chi connectivity index (χ3n) is 2.90. The summed E-state index contributed by atoms with van der Waals surface area (Å²) in [5, 5.41) is 3.86. The molecule has 0 radical (unpaired) electrons. The minimum atomic E-state index is 0.751. The van der Waals surface area contributed by atoms with Gasteiger partial charge in [0.1, 0.15) is 0 Å². The second-order valence-electron chi connectivity index (χ2n) is 4.24. The van der Waals surface area contributed by atoms with Crippen LogP contribution in [0.25, 0.3) is 11.3 Å². The smallest absolute Gasteiger partial charge is 0.194 e. The van der Waals surface area contributed by atoms with Gasteiger partial charge in [-0.25, -0.2) is 4.98 Å². The molecule has 0 atom stereocenters. The Morgan fingerprint density at radius 2 is 2.22 bits per heavy atom. The molecule has 1 heterocycles. The quantitative estimate of drug-likeness (QED) is 0.841. The summed E-state index contributed by atoms with van der Waals surface area (Å²) >= 11 is 6.10. The van der Waals surface area contributed by atoms with E-state index < -0.39 is 0 Å². The van der Waals surface area contributed by atoms with Crippen LogP contribution in [0.3, 0.4) is 0 Å². The van der Waals surface area contributed by atoms with Gasteiger partial charge in [-0.15, -0.1) is 0 Å². The molecule has 0 aliphatic rings. The predicted molar refractivity (Wildman–Crippen MR) is 73.9 cm³/mol. The summed E-state index contributed by atoms with van der Waals surface area (Å²) in [6.45, 7) is 2.95. The third kappa shape index (κ3) is 2.92. The van der Waals surface area contributed by atoms with Crippen molar-refractivity contribution in [3.8, 4) is 11.3 Å². The number of oxazole rings is 1. The molecule has 1 aromatic heterocycles. The van der Waals surface area contributed by atoms with Gasteiger partial charge in [-0.05, 0) is 38.6 Å². The molecule has 0 unspecified atom stereocenters. The van der Waals surface area contributed by atoms with Crippen LogP contribution in [0.5, 0.6) is 0 Å². The first-order valence-corrected chi connectivity index (χ1v) is 6.45. The van der Waals surface area contributed by atoms with Crippen LogP contribution in [0.1, 0.15) is 17.9 Å². The highest BCUT2D eigenvalue weighted by Crippen LogP contribution is 2.28. The molecule has 2 aromatic rings. The number of benzene rings is 1. The Labute approximate surface area is 112 Å². The van der Waals surface area contributed by atoms with E-state index in [0.29, 0.717) is 0 Å². The lowest BCUT2D eigenvalue weighted by Crippen LogP contribution is -2.08. The zero-order valence-corrected chi connectivity index (χ0v) is 11.4. The Kier molecular flexibility index (Phi) is 4.39. The molecule has 1 aromatic carbocycles. The lowest BCUT2D eigenvalue weighted by atomic mass is 10.1. The van der Waals surface area contributed by atoms with Crippen LogP contribution in [0, 0.1) is 6.92 Å². The number of nitrogens with one attached hydrogen (secondary N) is 1. The van der Waals surface area contributed by atoms with Crippen molar-refractivity contribution in [1.82, 2.24) is 10.3 Å². The van der Waals surface area contributed by atoms with Gasteiger partial charge >= 0.3 is 0 Å². The van der Waals surface area contributed by atoms with Crippen LogP contribution < -0.4 is 5.32 Å². The molecule has 4 heteroatoms. The number of rotatable bonds is 5. The normalized spacial score (nSPS) is 10.8. The first-order valence-electron chi connectivity index (χ1n) is 6.07. The van der Waals surface area contributed by atoms with Gasteiger partial charge in [0, 0.05) is 17.0 Å². The first-order chi connectivity index (χ1) is 8.72. The lowest BCUT2D eigenvalue weighted by Gasteiger charge is -2.03. The van der Waals surface area contributed by atoms with Gasteiger partial charge in [-0.3, -0.25) is 0 Å². The summed E-state index contributed by atoms with van der Waals surface area (Å²) in [5.74, 6) is 1.56. The average molecular weight is 265 g/mol.